The van der Waals surface area contributed by atoms with Crippen molar-refractivity contribution >= 4 is 5.91 Å². The Morgan fingerprint density at radius 1 is 1.63 bits per heavy atom. The van der Waals surface area contributed by atoms with E-state index in [2.05, 4.69) is 14.9 Å². The molecule has 0 aromatic carbocycles. The molecular weight excluding hydrogens is 244 g/mol. The van der Waals surface area contributed by atoms with Crippen molar-refractivity contribution in [2.24, 2.45) is 5.73 Å². The van der Waals surface area contributed by atoms with E-state index in [4.69, 9.17) is 10.5 Å². The van der Waals surface area contributed by atoms with Gasteiger partial charge in [0.15, 0.2) is 0 Å². The molecule has 0 radical (unpaired) electrons. The van der Waals surface area contributed by atoms with Crippen LogP contribution in [0.3, 0.4) is 0 Å². The highest BCUT2D eigenvalue weighted by Gasteiger charge is 2.29. The zero-order valence-corrected chi connectivity index (χ0v) is 11.3. The van der Waals surface area contributed by atoms with Gasteiger partial charge in [-0.15, -0.1) is 0 Å². The molecule has 0 unspecified atom stereocenters. The Hall–Kier alpha value is -1.40. The van der Waals surface area contributed by atoms with E-state index in [1.54, 1.807) is 6.20 Å². The van der Waals surface area contributed by atoms with Gasteiger partial charge in [-0.05, 0) is 26.2 Å². The number of aryl methyl sites for hydroxylation is 2. The van der Waals surface area contributed by atoms with E-state index in [9.17, 15) is 4.79 Å². The summed E-state index contributed by atoms with van der Waals surface area (Å²) in [4.78, 5) is 16.0. The van der Waals surface area contributed by atoms with Gasteiger partial charge in [-0.2, -0.15) is 0 Å². The molecule has 1 saturated heterocycles. The minimum atomic E-state index is -0.316. The maximum absolute atomic E-state index is 11.8. The van der Waals surface area contributed by atoms with Crippen molar-refractivity contribution in [3.63, 3.8) is 0 Å². The number of amides is 1. The third-order valence-corrected chi connectivity index (χ3v) is 3.46. The van der Waals surface area contributed by atoms with Crippen LogP contribution in [-0.4, -0.2) is 40.8 Å². The zero-order valence-electron chi connectivity index (χ0n) is 11.3. The van der Waals surface area contributed by atoms with Crippen LogP contribution in [0.1, 0.15) is 25.1 Å². The number of nitrogens with two attached hydrogens (primary N) is 1. The van der Waals surface area contributed by atoms with E-state index >= 15 is 0 Å². The van der Waals surface area contributed by atoms with Gasteiger partial charge in [0.2, 0.25) is 5.91 Å². The molecule has 1 aromatic rings. The first-order valence-electron chi connectivity index (χ1n) is 6.81. The van der Waals surface area contributed by atoms with Crippen LogP contribution in [0.4, 0.5) is 0 Å². The van der Waals surface area contributed by atoms with Gasteiger partial charge in [-0.25, -0.2) is 4.98 Å². The number of imidazole rings is 1. The number of rotatable bonds is 6. The minimum Gasteiger partial charge on any atom is -0.364 e. The number of nitrogens with one attached hydrogen (secondary N) is 1. The molecule has 2 heterocycles. The summed E-state index contributed by atoms with van der Waals surface area (Å²) in [5, 5.41) is 2.91. The number of hydrogen-bond acceptors (Lipinski definition) is 4. The molecule has 0 spiro atoms. The Bertz CT molecular complexity index is 419. The van der Waals surface area contributed by atoms with Crippen LogP contribution < -0.4 is 11.1 Å². The van der Waals surface area contributed by atoms with Crippen LogP contribution in [0.2, 0.25) is 0 Å². The molecule has 0 aliphatic carbocycles. The van der Waals surface area contributed by atoms with Crippen molar-refractivity contribution in [1.82, 2.24) is 14.9 Å². The van der Waals surface area contributed by atoms with Gasteiger partial charge in [0, 0.05) is 32.0 Å². The largest absolute Gasteiger partial charge is 0.364 e. The maximum Gasteiger partial charge on any atom is 0.249 e. The summed E-state index contributed by atoms with van der Waals surface area (Å²) >= 11 is 0. The molecule has 3 N–H and O–H groups in total. The summed E-state index contributed by atoms with van der Waals surface area (Å²) in [5.74, 6) is 0.981. The molecule has 1 aliphatic rings. The number of hydrogen-bond donors (Lipinski definition) is 2. The van der Waals surface area contributed by atoms with Gasteiger partial charge in [0.1, 0.15) is 11.9 Å². The number of carbonyl (C=O) groups excluding carboxylic acids is 1. The third kappa shape index (κ3) is 3.78. The standard InChI is InChI=1S/C13H22N4O2/c1-10-15-6-8-17(10)7-2-5-16-13(18)12-4-3-11(9-14)19-12/h6,8,11-12H,2-5,7,9,14H2,1H3,(H,16,18)/t11-,12+/m1/s1. The van der Waals surface area contributed by atoms with E-state index in [0.717, 1.165) is 31.6 Å². The van der Waals surface area contributed by atoms with E-state index in [0.29, 0.717) is 13.1 Å². The number of carbonyl (C=O) groups is 1. The Morgan fingerprint density at radius 2 is 2.47 bits per heavy atom. The van der Waals surface area contributed by atoms with Crippen molar-refractivity contribution in [1.29, 1.82) is 0 Å². The average Bonchev–Trinajstić information content (AvgIpc) is 3.03. The smallest absolute Gasteiger partial charge is 0.249 e. The number of aromatic nitrogens is 2. The van der Waals surface area contributed by atoms with Crippen molar-refractivity contribution in [3.05, 3.63) is 18.2 Å². The summed E-state index contributed by atoms with van der Waals surface area (Å²) in [5.41, 5.74) is 5.52. The van der Waals surface area contributed by atoms with Crippen molar-refractivity contribution < 1.29 is 9.53 Å². The fraction of sp³-hybridized carbons (Fsp3) is 0.692. The van der Waals surface area contributed by atoms with Gasteiger partial charge in [-0.3, -0.25) is 4.79 Å². The van der Waals surface area contributed by atoms with Crippen LogP contribution in [0.25, 0.3) is 0 Å². The Morgan fingerprint density at radius 3 is 3.11 bits per heavy atom. The fourth-order valence-corrected chi connectivity index (χ4v) is 2.29. The summed E-state index contributed by atoms with van der Waals surface area (Å²) in [6.07, 6.45) is 6.00. The van der Waals surface area contributed by atoms with E-state index in [1.807, 2.05) is 13.1 Å². The molecule has 1 aromatic heterocycles. The van der Waals surface area contributed by atoms with Crippen LogP contribution in [0.5, 0.6) is 0 Å². The average molecular weight is 266 g/mol. The molecule has 2 atom stereocenters. The highest BCUT2D eigenvalue weighted by Crippen LogP contribution is 2.18. The molecule has 106 valence electrons. The molecule has 0 bridgehead atoms. The molecule has 1 amide bonds. The summed E-state index contributed by atoms with van der Waals surface area (Å²) in [6, 6.07) is 0. The van der Waals surface area contributed by atoms with Crippen molar-refractivity contribution in [3.8, 4) is 0 Å². The van der Waals surface area contributed by atoms with Crippen molar-refractivity contribution in [2.45, 2.75) is 44.9 Å². The maximum atomic E-state index is 11.8. The van der Waals surface area contributed by atoms with Gasteiger partial charge >= 0.3 is 0 Å². The van der Waals surface area contributed by atoms with E-state index in [-0.39, 0.29) is 18.1 Å². The van der Waals surface area contributed by atoms with Gasteiger partial charge < -0.3 is 20.4 Å². The highest BCUT2D eigenvalue weighted by atomic mass is 16.5. The minimum absolute atomic E-state index is 0.0155. The first-order chi connectivity index (χ1) is 9.20. The zero-order chi connectivity index (χ0) is 13.7. The highest BCUT2D eigenvalue weighted by molar-refractivity contribution is 5.80. The Labute approximate surface area is 113 Å². The second-order valence-corrected chi connectivity index (χ2v) is 4.87. The number of ether oxygens (including phenoxy) is 1. The first-order valence-corrected chi connectivity index (χ1v) is 6.81. The normalized spacial score (nSPS) is 22.6. The van der Waals surface area contributed by atoms with Crippen LogP contribution >= 0.6 is 0 Å². The lowest BCUT2D eigenvalue weighted by Crippen LogP contribution is -2.36. The Kier molecular flexibility index (Phi) is 4.93. The lowest BCUT2D eigenvalue weighted by molar-refractivity contribution is -0.131. The second kappa shape index (κ2) is 6.68. The molecule has 6 nitrogen and oxygen atoms in total. The lowest BCUT2D eigenvalue weighted by Gasteiger charge is -2.12. The van der Waals surface area contributed by atoms with E-state index in [1.165, 1.54) is 0 Å². The van der Waals surface area contributed by atoms with Crippen LogP contribution in [-0.2, 0) is 16.1 Å². The predicted octanol–water partition coefficient (Wildman–Crippen LogP) is 0.204. The summed E-state index contributed by atoms with van der Waals surface area (Å²) in [6.45, 7) is 3.98. The fourth-order valence-electron chi connectivity index (χ4n) is 2.29. The van der Waals surface area contributed by atoms with Crippen LogP contribution in [0.15, 0.2) is 12.4 Å². The monoisotopic (exact) mass is 266 g/mol. The quantitative estimate of drug-likeness (QED) is 0.721. The number of nitrogens with zero attached hydrogens (tertiary/aromatic N) is 2. The molecule has 0 saturated carbocycles. The van der Waals surface area contributed by atoms with Gasteiger partial charge in [0.05, 0.1) is 6.10 Å². The molecule has 1 aliphatic heterocycles. The third-order valence-electron chi connectivity index (χ3n) is 3.46. The summed E-state index contributed by atoms with van der Waals surface area (Å²) < 4.78 is 7.61. The second-order valence-electron chi connectivity index (χ2n) is 4.87. The van der Waals surface area contributed by atoms with Crippen LogP contribution in [0, 0.1) is 6.92 Å². The Balaban J connectivity index is 1.63. The molecular formula is C13H22N4O2. The molecule has 6 heteroatoms. The van der Waals surface area contributed by atoms with E-state index < -0.39 is 0 Å². The summed E-state index contributed by atoms with van der Waals surface area (Å²) in [7, 11) is 0. The topological polar surface area (TPSA) is 82.2 Å². The first kappa shape index (κ1) is 14.0. The van der Waals surface area contributed by atoms with Gasteiger partial charge in [-0.1, -0.05) is 0 Å². The molecule has 1 fully saturated rings. The SMILES string of the molecule is Cc1nccn1CCCNC(=O)[C@@H]1CC[C@H](CN)O1. The molecule has 2 rings (SSSR count). The van der Waals surface area contributed by atoms with Gasteiger partial charge in [0.25, 0.3) is 0 Å². The molecule has 19 heavy (non-hydrogen) atoms. The predicted molar refractivity (Wildman–Crippen MR) is 71.5 cm³/mol. The van der Waals surface area contributed by atoms with Crippen molar-refractivity contribution in [2.75, 3.05) is 13.1 Å². The lowest BCUT2D eigenvalue weighted by atomic mass is 10.2.